The molecule has 0 aliphatic carbocycles. The maximum Gasteiger partial charge on any atom is 0.259 e. The highest BCUT2D eigenvalue weighted by atomic mass is 35.5. The molecule has 0 aliphatic heterocycles. The molecule has 10 heteroatoms. The maximum atomic E-state index is 13.8. The van der Waals surface area contributed by atoms with Crippen molar-refractivity contribution in [1.29, 1.82) is 0 Å². The average molecular weight is 414 g/mol. The lowest BCUT2D eigenvalue weighted by molar-refractivity contribution is 0.102. The van der Waals surface area contributed by atoms with Crippen LogP contribution in [0.2, 0.25) is 5.02 Å². The molecule has 0 fully saturated rings. The minimum absolute atomic E-state index is 0.167. The molecule has 1 heterocycles. The standard InChI is InChI=1S/C18H12ClF4N3O2/c1-28-15-3-2-9(19)4-11(15)18(27)25-10-6-24-26(7-10)8-12-13(20)5-14(21)17(23)16(12)22/h2-7H,8H2,1H3,(H,25,27). The number of anilines is 1. The van der Waals surface area contributed by atoms with Crippen LogP contribution in [-0.2, 0) is 6.54 Å². The summed E-state index contributed by atoms with van der Waals surface area (Å²) in [6.45, 7) is -0.509. The van der Waals surface area contributed by atoms with Crippen molar-refractivity contribution < 1.29 is 27.1 Å². The number of aromatic nitrogens is 2. The summed E-state index contributed by atoms with van der Waals surface area (Å²) in [4.78, 5) is 12.4. The highest BCUT2D eigenvalue weighted by Gasteiger charge is 2.20. The van der Waals surface area contributed by atoms with Crippen LogP contribution in [0.3, 0.4) is 0 Å². The molecule has 0 saturated carbocycles. The lowest BCUT2D eigenvalue weighted by Crippen LogP contribution is -2.13. The summed E-state index contributed by atoms with van der Waals surface area (Å²) in [5.41, 5.74) is -0.327. The largest absolute Gasteiger partial charge is 0.496 e. The molecule has 3 rings (SSSR count). The van der Waals surface area contributed by atoms with Gasteiger partial charge in [-0.05, 0) is 18.2 Å². The highest BCUT2D eigenvalue weighted by molar-refractivity contribution is 6.31. The van der Waals surface area contributed by atoms with Gasteiger partial charge in [0.05, 0.1) is 31.1 Å². The first kappa shape index (κ1) is 19.7. The summed E-state index contributed by atoms with van der Waals surface area (Å²) in [7, 11) is 1.39. The van der Waals surface area contributed by atoms with E-state index in [2.05, 4.69) is 10.4 Å². The van der Waals surface area contributed by atoms with Gasteiger partial charge in [0.2, 0.25) is 0 Å². The molecule has 0 atom stereocenters. The van der Waals surface area contributed by atoms with Gasteiger partial charge in [-0.3, -0.25) is 9.48 Å². The fourth-order valence-corrected chi connectivity index (χ4v) is 2.65. The van der Waals surface area contributed by atoms with E-state index >= 15 is 0 Å². The van der Waals surface area contributed by atoms with Gasteiger partial charge in [0.15, 0.2) is 17.5 Å². The van der Waals surface area contributed by atoms with E-state index in [1.807, 2.05) is 0 Å². The number of rotatable bonds is 5. The molecule has 1 aromatic heterocycles. The quantitative estimate of drug-likeness (QED) is 0.383. The number of nitrogens with one attached hydrogen (secondary N) is 1. The van der Waals surface area contributed by atoms with Crippen molar-refractivity contribution in [2.75, 3.05) is 12.4 Å². The van der Waals surface area contributed by atoms with E-state index in [0.29, 0.717) is 10.8 Å². The van der Waals surface area contributed by atoms with Crippen molar-refractivity contribution in [2.45, 2.75) is 6.54 Å². The number of ether oxygens (including phenoxy) is 1. The third-order valence-electron chi connectivity index (χ3n) is 3.83. The van der Waals surface area contributed by atoms with Gasteiger partial charge in [-0.25, -0.2) is 17.6 Å². The molecule has 0 spiro atoms. The molecule has 0 radical (unpaired) electrons. The van der Waals surface area contributed by atoms with E-state index in [9.17, 15) is 22.4 Å². The van der Waals surface area contributed by atoms with E-state index in [1.54, 1.807) is 6.07 Å². The fraction of sp³-hybridized carbons (Fsp3) is 0.111. The van der Waals surface area contributed by atoms with Crippen LogP contribution in [0.15, 0.2) is 36.7 Å². The molecule has 0 unspecified atom stereocenters. The summed E-state index contributed by atoms with van der Waals surface area (Å²) >= 11 is 5.89. The van der Waals surface area contributed by atoms with Gasteiger partial charge in [0, 0.05) is 22.8 Å². The smallest absolute Gasteiger partial charge is 0.259 e. The third-order valence-corrected chi connectivity index (χ3v) is 4.06. The van der Waals surface area contributed by atoms with E-state index in [-0.39, 0.29) is 17.3 Å². The van der Waals surface area contributed by atoms with Crippen molar-refractivity contribution in [3.05, 3.63) is 76.1 Å². The zero-order valence-corrected chi connectivity index (χ0v) is 15.0. The molecule has 5 nitrogen and oxygen atoms in total. The average Bonchev–Trinajstić information content (AvgIpc) is 3.10. The Kier molecular flexibility index (Phi) is 5.55. The van der Waals surface area contributed by atoms with Crippen molar-refractivity contribution in [3.8, 4) is 5.75 Å². The second-order valence-corrected chi connectivity index (χ2v) is 6.11. The second-order valence-electron chi connectivity index (χ2n) is 5.67. The topological polar surface area (TPSA) is 56.1 Å². The molecule has 0 saturated heterocycles. The lowest BCUT2D eigenvalue weighted by Gasteiger charge is -2.09. The van der Waals surface area contributed by atoms with Crippen molar-refractivity contribution in [1.82, 2.24) is 9.78 Å². The number of benzene rings is 2. The van der Waals surface area contributed by atoms with Crippen molar-refractivity contribution in [2.24, 2.45) is 0 Å². The molecule has 1 N–H and O–H groups in total. The Morgan fingerprint density at radius 3 is 2.64 bits per heavy atom. The molecule has 3 aromatic rings. The molecule has 28 heavy (non-hydrogen) atoms. The van der Waals surface area contributed by atoms with E-state index in [4.69, 9.17) is 16.3 Å². The monoisotopic (exact) mass is 413 g/mol. The Morgan fingerprint density at radius 2 is 1.93 bits per heavy atom. The first-order valence-corrected chi connectivity index (χ1v) is 8.17. The molecule has 146 valence electrons. The third kappa shape index (κ3) is 3.94. The minimum atomic E-state index is -1.77. The van der Waals surface area contributed by atoms with Crippen LogP contribution in [-0.4, -0.2) is 22.8 Å². The zero-order valence-electron chi connectivity index (χ0n) is 14.3. The normalized spacial score (nSPS) is 10.8. The first-order valence-electron chi connectivity index (χ1n) is 7.79. The molecule has 0 aliphatic rings. The second kappa shape index (κ2) is 7.89. The number of halogens is 5. The SMILES string of the molecule is COc1ccc(Cl)cc1C(=O)Nc1cnn(Cc2c(F)cc(F)c(F)c2F)c1. The number of carbonyl (C=O) groups is 1. The van der Waals surface area contributed by atoms with Crippen molar-refractivity contribution >= 4 is 23.2 Å². The highest BCUT2D eigenvalue weighted by Crippen LogP contribution is 2.24. The van der Waals surface area contributed by atoms with E-state index in [0.717, 1.165) is 4.68 Å². The maximum absolute atomic E-state index is 13.8. The lowest BCUT2D eigenvalue weighted by atomic mass is 10.2. The summed E-state index contributed by atoms with van der Waals surface area (Å²) in [6.07, 6.45) is 2.50. The number of carbonyl (C=O) groups excluding carboxylic acids is 1. The van der Waals surface area contributed by atoms with Gasteiger partial charge >= 0.3 is 0 Å². The predicted octanol–water partition coefficient (Wildman–Crippen LogP) is 4.40. The summed E-state index contributed by atoms with van der Waals surface area (Å²) < 4.78 is 60.0. The van der Waals surface area contributed by atoms with E-state index < -0.39 is 41.3 Å². The van der Waals surface area contributed by atoms with Gasteiger partial charge < -0.3 is 10.1 Å². The Balaban J connectivity index is 1.80. The van der Waals surface area contributed by atoms with Crippen LogP contribution in [0, 0.1) is 23.3 Å². The molecular weight excluding hydrogens is 402 g/mol. The number of nitrogens with zero attached hydrogens (tertiary/aromatic N) is 2. The van der Waals surface area contributed by atoms with Gasteiger partial charge in [0.25, 0.3) is 5.91 Å². The molecular formula is C18H12ClF4N3O2. The Morgan fingerprint density at radius 1 is 1.18 bits per heavy atom. The first-order chi connectivity index (χ1) is 13.3. The van der Waals surface area contributed by atoms with Crippen LogP contribution in [0.25, 0.3) is 0 Å². The van der Waals surface area contributed by atoms with Crippen LogP contribution >= 0.6 is 11.6 Å². The molecule has 2 aromatic carbocycles. The zero-order chi connectivity index (χ0) is 20.4. The van der Waals surface area contributed by atoms with Gasteiger partial charge in [-0.15, -0.1) is 0 Å². The number of amides is 1. The van der Waals surface area contributed by atoms with E-state index in [1.165, 1.54) is 31.6 Å². The minimum Gasteiger partial charge on any atom is -0.496 e. The molecule has 0 bridgehead atoms. The molecule has 1 amide bonds. The number of hydrogen-bond acceptors (Lipinski definition) is 3. The summed E-state index contributed by atoms with van der Waals surface area (Å²) in [6, 6.07) is 4.74. The summed E-state index contributed by atoms with van der Waals surface area (Å²) in [5, 5.41) is 6.71. The van der Waals surface area contributed by atoms with Crippen LogP contribution in [0.4, 0.5) is 23.2 Å². The van der Waals surface area contributed by atoms with Crippen molar-refractivity contribution in [3.63, 3.8) is 0 Å². The fourth-order valence-electron chi connectivity index (χ4n) is 2.48. The van der Waals surface area contributed by atoms with Gasteiger partial charge in [-0.1, -0.05) is 11.6 Å². The predicted molar refractivity (Wildman–Crippen MR) is 93.6 cm³/mol. The van der Waals surface area contributed by atoms with Gasteiger partial charge in [0.1, 0.15) is 11.6 Å². The Bertz CT molecular complexity index is 1060. The Hall–Kier alpha value is -3.07. The number of methoxy groups -OCH3 is 1. The summed E-state index contributed by atoms with van der Waals surface area (Å²) in [5.74, 6) is -6.54. The Labute approximate surface area is 161 Å². The number of hydrogen-bond donors (Lipinski definition) is 1. The van der Waals surface area contributed by atoms with Crippen LogP contribution < -0.4 is 10.1 Å². The van der Waals surface area contributed by atoms with Crippen LogP contribution in [0.5, 0.6) is 5.75 Å². The van der Waals surface area contributed by atoms with Gasteiger partial charge in [-0.2, -0.15) is 5.10 Å². The van der Waals surface area contributed by atoms with Crippen LogP contribution in [0.1, 0.15) is 15.9 Å².